The largest absolute Gasteiger partial charge is 0.392 e. The van der Waals surface area contributed by atoms with Gasteiger partial charge in [0, 0.05) is 0 Å². The molecule has 76 valence electrons. The van der Waals surface area contributed by atoms with Crippen LogP contribution in [0.25, 0.3) is 0 Å². The lowest BCUT2D eigenvalue weighted by molar-refractivity contribution is 0.330. The van der Waals surface area contributed by atoms with Gasteiger partial charge in [-0.3, -0.25) is 0 Å². The number of hydrogen-bond donors (Lipinski definition) is 1. The summed E-state index contributed by atoms with van der Waals surface area (Å²) in [5, 5.41) is 8.91. The van der Waals surface area contributed by atoms with Crippen LogP contribution in [-0.2, 0) is 0 Å². The zero-order chi connectivity index (χ0) is 10.6. The molecule has 1 heteroatoms. The minimum absolute atomic E-state index is 0.149. The van der Waals surface area contributed by atoms with Gasteiger partial charge in [0.15, 0.2) is 0 Å². The number of aliphatic hydroxyl groups is 1. The van der Waals surface area contributed by atoms with Crippen molar-refractivity contribution in [1.29, 1.82) is 0 Å². The highest BCUT2D eigenvalue weighted by atomic mass is 16.3. The molecule has 0 radical (unpaired) electrons. The molecule has 1 rings (SSSR count). The fourth-order valence-electron chi connectivity index (χ4n) is 1.45. The monoisotopic (exact) mass is 190 g/mol. The lowest BCUT2D eigenvalue weighted by Gasteiger charge is -2.08. The minimum Gasteiger partial charge on any atom is -0.392 e. The Kier molecular flexibility index (Phi) is 3.90. The summed E-state index contributed by atoms with van der Waals surface area (Å²) in [6.45, 7) is 6.33. The van der Waals surface area contributed by atoms with Crippen LogP contribution in [-0.4, -0.2) is 11.7 Å². The van der Waals surface area contributed by atoms with E-state index in [1.165, 1.54) is 11.1 Å². The van der Waals surface area contributed by atoms with E-state index in [0.29, 0.717) is 5.92 Å². The summed E-state index contributed by atoms with van der Waals surface area (Å²) >= 11 is 0. The molecule has 1 aromatic rings. The van der Waals surface area contributed by atoms with Crippen molar-refractivity contribution in [3.8, 4) is 0 Å². The van der Waals surface area contributed by atoms with Crippen molar-refractivity contribution in [2.24, 2.45) is 0 Å². The molecule has 1 aromatic carbocycles. The predicted octanol–water partition coefficient (Wildman–Crippen LogP) is 3.04. The van der Waals surface area contributed by atoms with Crippen molar-refractivity contribution in [2.75, 3.05) is 6.61 Å². The lowest BCUT2D eigenvalue weighted by Crippen LogP contribution is -1.93. The number of hydrogen-bond acceptors (Lipinski definition) is 1. The Morgan fingerprint density at radius 1 is 1.36 bits per heavy atom. The highest BCUT2D eigenvalue weighted by Gasteiger charge is 2.01. The summed E-state index contributed by atoms with van der Waals surface area (Å²) in [5.41, 5.74) is 3.60. The van der Waals surface area contributed by atoms with Crippen LogP contribution < -0.4 is 0 Å². The van der Waals surface area contributed by atoms with Gasteiger partial charge in [0.25, 0.3) is 0 Å². The number of aryl methyl sites for hydroxylation is 1. The quantitative estimate of drug-likeness (QED) is 0.726. The van der Waals surface area contributed by atoms with Gasteiger partial charge >= 0.3 is 0 Å². The summed E-state index contributed by atoms with van der Waals surface area (Å²) in [4.78, 5) is 0. The first-order valence-electron chi connectivity index (χ1n) is 4.98. The summed E-state index contributed by atoms with van der Waals surface area (Å²) in [5.74, 6) is 0.378. The van der Waals surface area contributed by atoms with Crippen LogP contribution in [0.5, 0.6) is 0 Å². The van der Waals surface area contributed by atoms with Crippen LogP contribution in [0.3, 0.4) is 0 Å². The van der Waals surface area contributed by atoms with Crippen LogP contribution in [0.1, 0.15) is 30.9 Å². The van der Waals surface area contributed by atoms with E-state index in [-0.39, 0.29) is 6.61 Å². The Hall–Kier alpha value is -1.08. The molecule has 0 aliphatic heterocycles. The summed E-state index contributed by atoms with van der Waals surface area (Å²) in [7, 11) is 0. The van der Waals surface area contributed by atoms with Crippen LogP contribution in [0.2, 0.25) is 0 Å². The smallest absolute Gasteiger partial charge is 0.0639 e. The zero-order valence-corrected chi connectivity index (χ0v) is 9.12. The zero-order valence-electron chi connectivity index (χ0n) is 9.12. The van der Waals surface area contributed by atoms with Gasteiger partial charge in [0.05, 0.1) is 6.61 Å². The Morgan fingerprint density at radius 3 is 2.43 bits per heavy atom. The first-order valence-corrected chi connectivity index (χ1v) is 4.98. The van der Waals surface area contributed by atoms with Crippen molar-refractivity contribution >= 4 is 0 Å². The normalized spacial score (nSPS) is 14.1. The highest BCUT2D eigenvalue weighted by Crippen LogP contribution is 2.18. The Labute approximate surface area is 86.1 Å². The average Bonchev–Trinajstić information content (AvgIpc) is 2.18. The number of rotatable bonds is 3. The van der Waals surface area contributed by atoms with E-state index in [1.54, 1.807) is 0 Å². The topological polar surface area (TPSA) is 20.2 Å². The minimum atomic E-state index is 0.149. The number of aliphatic hydroxyl groups excluding tert-OH is 1. The summed E-state index contributed by atoms with van der Waals surface area (Å²) < 4.78 is 0. The molecule has 14 heavy (non-hydrogen) atoms. The molecule has 0 heterocycles. The molecule has 0 aromatic heterocycles. The van der Waals surface area contributed by atoms with Crippen molar-refractivity contribution in [3.05, 3.63) is 47.0 Å². The van der Waals surface area contributed by atoms with Crippen LogP contribution in [0.4, 0.5) is 0 Å². The van der Waals surface area contributed by atoms with Gasteiger partial charge < -0.3 is 5.11 Å². The molecule has 0 aliphatic rings. The molecule has 0 amide bonds. The molecule has 0 saturated heterocycles. The van der Waals surface area contributed by atoms with E-state index in [4.69, 9.17) is 5.11 Å². The van der Waals surface area contributed by atoms with E-state index in [0.717, 1.165) is 5.57 Å². The molecule has 0 spiro atoms. The Bertz CT molecular complexity index is 309. The predicted molar refractivity (Wildman–Crippen MR) is 60.4 cm³/mol. The number of allylic oxidation sites excluding steroid dienone is 1. The average molecular weight is 190 g/mol. The first kappa shape index (κ1) is 11.0. The SMILES string of the molecule is C/C(=C/C(C)c1ccc(C)cc1)CO. The van der Waals surface area contributed by atoms with Gasteiger partial charge in [0.2, 0.25) is 0 Å². The van der Waals surface area contributed by atoms with Crippen molar-refractivity contribution in [2.45, 2.75) is 26.7 Å². The fraction of sp³-hybridized carbons (Fsp3) is 0.385. The maximum Gasteiger partial charge on any atom is 0.0639 e. The van der Waals surface area contributed by atoms with Gasteiger partial charge in [-0.25, -0.2) is 0 Å². The van der Waals surface area contributed by atoms with E-state index >= 15 is 0 Å². The standard InChI is InChI=1S/C13H18O/c1-10-4-6-13(7-5-10)12(3)8-11(2)9-14/h4-8,12,14H,9H2,1-3H3/b11-8-. The highest BCUT2D eigenvalue weighted by molar-refractivity contribution is 5.27. The second-order valence-electron chi connectivity index (χ2n) is 3.87. The summed E-state index contributed by atoms with van der Waals surface area (Å²) in [6, 6.07) is 8.52. The maximum atomic E-state index is 8.91. The number of benzene rings is 1. The third-order valence-electron chi connectivity index (χ3n) is 2.39. The molecule has 1 N–H and O–H groups in total. The lowest BCUT2D eigenvalue weighted by atomic mass is 9.98. The summed E-state index contributed by atoms with van der Waals surface area (Å²) in [6.07, 6.45) is 2.10. The van der Waals surface area contributed by atoms with Gasteiger partial charge in [-0.1, -0.05) is 48.4 Å². The molecule has 1 nitrogen and oxygen atoms in total. The second kappa shape index (κ2) is 4.97. The first-order chi connectivity index (χ1) is 6.63. The maximum absolute atomic E-state index is 8.91. The van der Waals surface area contributed by atoms with E-state index in [9.17, 15) is 0 Å². The second-order valence-corrected chi connectivity index (χ2v) is 3.87. The van der Waals surface area contributed by atoms with Crippen LogP contribution in [0.15, 0.2) is 35.9 Å². The van der Waals surface area contributed by atoms with Crippen LogP contribution >= 0.6 is 0 Å². The molecular weight excluding hydrogens is 172 g/mol. The van der Waals surface area contributed by atoms with E-state index < -0.39 is 0 Å². The molecule has 0 saturated carbocycles. The third kappa shape index (κ3) is 3.00. The Balaban J connectivity index is 2.79. The molecule has 1 unspecified atom stereocenters. The van der Waals surface area contributed by atoms with Gasteiger partial charge in [-0.2, -0.15) is 0 Å². The molecule has 0 bridgehead atoms. The van der Waals surface area contributed by atoms with Crippen molar-refractivity contribution < 1.29 is 5.11 Å². The van der Waals surface area contributed by atoms with Crippen molar-refractivity contribution in [3.63, 3.8) is 0 Å². The third-order valence-corrected chi connectivity index (χ3v) is 2.39. The van der Waals surface area contributed by atoms with Crippen molar-refractivity contribution in [1.82, 2.24) is 0 Å². The van der Waals surface area contributed by atoms with Gasteiger partial charge in [-0.05, 0) is 25.3 Å². The van der Waals surface area contributed by atoms with E-state index in [1.807, 2.05) is 6.92 Å². The van der Waals surface area contributed by atoms with Gasteiger partial charge in [-0.15, -0.1) is 0 Å². The van der Waals surface area contributed by atoms with E-state index in [2.05, 4.69) is 44.2 Å². The molecular formula is C13H18O. The fourth-order valence-corrected chi connectivity index (χ4v) is 1.45. The molecule has 1 atom stereocenters. The van der Waals surface area contributed by atoms with Crippen LogP contribution in [0, 0.1) is 6.92 Å². The molecule has 0 fully saturated rings. The molecule has 0 aliphatic carbocycles. The van der Waals surface area contributed by atoms with Gasteiger partial charge in [0.1, 0.15) is 0 Å². The Morgan fingerprint density at radius 2 is 1.93 bits per heavy atom.